The molecule has 0 aromatic carbocycles. The molecule has 0 aromatic heterocycles. The molecule has 0 spiro atoms. The molecule has 1 aliphatic carbocycles. The summed E-state index contributed by atoms with van der Waals surface area (Å²) in [6.45, 7) is 1.83. The highest BCUT2D eigenvalue weighted by molar-refractivity contribution is 7.81. The van der Waals surface area contributed by atoms with Crippen LogP contribution in [0.15, 0.2) is 11.7 Å². The van der Waals surface area contributed by atoms with Crippen LogP contribution in [0.2, 0.25) is 0 Å². The van der Waals surface area contributed by atoms with Crippen LogP contribution >= 0.6 is 12.6 Å². The fraction of sp³-hybridized carbons (Fsp3) is 0.818. The van der Waals surface area contributed by atoms with Gasteiger partial charge in [0.25, 0.3) is 0 Å². The predicted molar refractivity (Wildman–Crippen MR) is 59.7 cm³/mol. The number of alkyl halides is 3. The van der Waals surface area contributed by atoms with Gasteiger partial charge in [-0.2, -0.15) is 12.6 Å². The minimum absolute atomic E-state index is 0.152. The number of allylic oxidation sites excluding steroid dienone is 1. The highest BCUT2D eigenvalue weighted by atomic mass is 32.1. The average molecular weight is 274 g/mol. The number of hydrogen-bond donors (Lipinski definition) is 1. The predicted octanol–water partition coefficient (Wildman–Crippen LogP) is 4.27. The molecule has 0 amide bonds. The second-order valence-electron chi connectivity index (χ2n) is 4.24. The number of thiol groups is 1. The second kappa shape index (κ2) is 6.07. The van der Waals surface area contributed by atoms with Gasteiger partial charge >= 0.3 is 0 Å². The molecule has 0 fully saturated rings. The largest absolute Gasteiger partial charge is 0.244 e. The first-order valence-corrected chi connectivity index (χ1v) is 6.08. The molecule has 0 nitrogen and oxygen atoms in total. The van der Waals surface area contributed by atoms with Gasteiger partial charge in [-0.3, -0.25) is 0 Å². The van der Waals surface area contributed by atoms with Crippen molar-refractivity contribution in [3.63, 3.8) is 0 Å². The van der Waals surface area contributed by atoms with E-state index in [1.807, 2.05) is 6.92 Å². The molecule has 1 rings (SSSR count). The zero-order valence-electron chi connectivity index (χ0n) is 9.35. The third-order valence-electron chi connectivity index (χ3n) is 3.02. The van der Waals surface area contributed by atoms with Crippen molar-refractivity contribution in [3.8, 4) is 0 Å². The molecule has 0 saturated heterocycles. The number of hydrogen-bond acceptors (Lipinski definition) is 1. The quantitative estimate of drug-likeness (QED) is 0.576. The van der Waals surface area contributed by atoms with Gasteiger partial charge in [-0.15, -0.1) is 0 Å². The van der Waals surface area contributed by atoms with E-state index in [0.29, 0.717) is 12.8 Å². The van der Waals surface area contributed by atoms with E-state index >= 15 is 0 Å². The molecule has 0 radical (unpaired) electrons. The van der Waals surface area contributed by atoms with E-state index in [-0.39, 0.29) is 6.42 Å². The Kier molecular flexibility index (Phi) is 5.28. The van der Waals surface area contributed by atoms with E-state index in [2.05, 4.69) is 12.6 Å². The molecule has 6 heteroatoms. The number of halogens is 5. The van der Waals surface area contributed by atoms with Gasteiger partial charge in [0, 0.05) is 5.92 Å². The standard InChI is InChI=1S/C11H15F5S/c1-2-3-4-5-6(12)7(13)8(14)9(15)10(16)11(5)17/h5-8,11,17H,2-4H2,1H3. The summed E-state index contributed by atoms with van der Waals surface area (Å²) in [7, 11) is 0. The molecule has 0 saturated carbocycles. The summed E-state index contributed by atoms with van der Waals surface area (Å²) in [5.74, 6) is -4.48. The molecule has 0 aromatic rings. The topological polar surface area (TPSA) is 0 Å². The first kappa shape index (κ1) is 14.8. The highest BCUT2D eigenvalue weighted by Gasteiger charge is 2.46. The van der Waals surface area contributed by atoms with Gasteiger partial charge in [0.2, 0.25) is 0 Å². The Morgan fingerprint density at radius 1 is 1.06 bits per heavy atom. The molecular formula is C11H15F5S. The van der Waals surface area contributed by atoms with Crippen LogP contribution in [0.5, 0.6) is 0 Å². The smallest absolute Gasteiger partial charge is 0.188 e. The summed E-state index contributed by atoms with van der Waals surface area (Å²) in [6, 6.07) is 0. The van der Waals surface area contributed by atoms with Crippen LogP contribution in [-0.2, 0) is 0 Å². The third kappa shape index (κ3) is 2.95. The van der Waals surface area contributed by atoms with Crippen molar-refractivity contribution < 1.29 is 22.0 Å². The van der Waals surface area contributed by atoms with Crippen molar-refractivity contribution in [1.29, 1.82) is 0 Å². The van der Waals surface area contributed by atoms with E-state index in [1.54, 1.807) is 0 Å². The monoisotopic (exact) mass is 274 g/mol. The van der Waals surface area contributed by atoms with Gasteiger partial charge in [-0.05, 0) is 6.42 Å². The minimum atomic E-state index is -2.87. The van der Waals surface area contributed by atoms with Crippen LogP contribution in [0, 0.1) is 5.92 Å². The van der Waals surface area contributed by atoms with Gasteiger partial charge in [0.1, 0.15) is 12.0 Å². The molecule has 0 heterocycles. The maximum atomic E-state index is 13.6. The Morgan fingerprint density at radius 3 is 2.18 bits per heavy atom. The molecule has 0 N–H and O–H groups in total. The van der Waals surface area contributed by atoms with Crippen molar-refractivity contribution >= 4 is 12.6 Å². The lowest BCUT2D eigenvalue weighted by Crippen LogP contribution is -2.35. The summed E-state index contributed by atoms with van der Waals surface area (Å²) in [5, 5.41) is -1.42. The van der Waals surface area contributed by atoms with E-state index < -0.39 is 41.3 Å². The molecule has 5 unspecified atom stereocenters. The van der Waals surface area contributed by atoms with E-state index in [1.165, 1.54) is 0 Å². The van der Waals surface area contributed by atoms with E-state index in [4.69, 9.17) is 0 Å². The van der Waals surface area contributed by atoms with Crippen LogP contribution in [0.3, 0.4) is 0 Å². The Labute approximate surface area is 103 Å². The molecule has 17 heavy (non-hydrogen) atoms. The van der Waals surface area contributed by atoms with Gasteiger partial charge in [0.05, 0.1) is 5.25 Å². The van der Waals surface area contributed by atoms with Gasteiger partial charge < -0.3 is 0 Å². The van der Waals surface area contributed by atoms with Gasteiger partial charge in [0.15, 0.2) is 18.2 Å². The number of rotatable bonds is 3. The van der Waals surface area contributed by atoms with Crippen LogP contribution in [0.25, 0.3) is 0 Å². The van der Waals surface area contributed by atoms with Crippen molar-refractivity contribution in [1.82, 2.24) is 0 Å². The Bertz CT molecular complexity index is 294. The van der Waals surface area contributed by atoms with Gasteiger partial charge in [-0.25, -0.2) is 22.0 Å². The summed E-state index contributed by atoms with van der Waals surface area (Å²) >= 11 is 3.75. The Balaban J connectivity index is 2.98. The first-order valence-electron chi connectivity index (χ1n) is 5.57. The summed E-state index contributed by atoms with van der Waals surface area (Å²) < 4.78 is 66.4. The van der Waals surface area contributed by atoms with Crippen molar-refractivity contribution in [2.24, 2.45) is 5.92 Å². The first-order chi connectivity index (χ1) is 7.91. The lowest BCUT2D eigenvalue weighted by molar-refractivity contribution is 0.0587. The lowest BCUT2D eigenvalue weighted by Gasteiger charge is -2.24. The summed E-state index contributed by atoms with van der Waals surface area (Å²) in [6.07, 6.45) is -6.39. The zero-order chi connectivity index (χ0) is 13.2. The molecule has 100 valence electrons. The summed E-state index contributed by atoms with van der Waals surface area (Å²) in [5.41, 5.74) is 0. The minimum Gasteiger partial charge on any atom is -0.244 e. The third-order valence-corrected chi connectivity index (χ3v) is 3.63. The second-order valence-corrected chi connectivity index (χ2v) is 4.79. The average Bonchev–Trinajstić information content (AvgIpc) is 2.37. The van der Waals surface area contributed by atoms with Crippen molar-refractivity contribution in [2.45, 2.75) is 50.0 Å². The fourth-order valence-corrected chi connectivity index (χ4v) is 2.37. The van der Waals surface area contributed by atoms with Crippen LogP contribution in [0.4, 0.5) is 22.0 Å². The maximum Gasteiger partial charge on any atom is 0.188 e. The zero-order valence-corrected chi connectivity index (χ0v) is 10.2. The SMILES string of the molecule is CCCCC1C(S)C(F)=C(F)C(F)C(F)C1F. The normalized spacial score (nSPS) is 39.4. The molecule has 1 aliphatic rings. The summed E-state index contributed by atoms with van der Waals surface area (Å²) in [4.78, 5) is 0. The van der Waals surface area contributed by atoms with Crippen molar-refractivity contribution in [2.75, 3.05) is 0 Å². The maximum absolute atomic E-state index is 13.6. The Morgan fingerprint density at radius 2 is 1.65 bits per heavy atom. The van der Waals surface area contributed by atoms with Crippen LogP contribution in [-0.4, -0.2) is 23.8 Å². The molecule has 5 atom stereocenters. The molecule has 0 bridgehead atoms. The van der Waals surface area contributed by atoms with E-state index in [9.17, 15) is 22.0 Å². The number of unbranched alkanes of at least 4 members (excludes halogenated alkanes) is 1. The molecular weight excluding hydrogens is 259 g/mol. The lowest BCUT2D eigenvalue weighted by atomic mass is 9.91. The van der Waals surface area contributed by atoms with Crippen LogP contribution in [0.1, 0.15) is 26.2 Å². The fourth-order valence-electron chi connectivity index (χ4n) is 1.93. The molecule has 0 aliphatic heterocycles. The van der Waals surface area contributed by atoms with Gasteiger partial charge in [-0.1, -0.05) is 19.8 Å². The van der Waals surface area contributed by atoms with E-state index in [0.717, 1.165) is 0 Å². The Hall–Kier alpha value is -0.260. The van der Waals surface area contributed by atoms with Crippen molar-refractivity contribution in [3.05, 3.63) is 11.7 Å². The van der Waals surface area contributed by atoms with Crippen LogP contribution < -0.4 is 0 Å². The highest BCUT2D eigenvalue weighted by Crippen LogP contribution is 2.39.